The summed E-state index contributed by atoms with van der Waals surface area (Å²) in [5.41, 5.74) is 2.35. The van der Waals surface area contributed by atoms with E-state index < -0.39 is 0 Å². The summed E-state index contributed by atoms with van der Waals surface area (Å²) >= 11 is 0. The number of pyridine rings is 1. The lowest BCUT2D eigenvalue weighted by molar-refractivity contribution is 0.0939. The molecule has 110 valence electrons. The van der Waals surface area contributed by atoms with Gasteiger partial charge in [-0.05, 0) is 32.9 Å². The average Bonchev–Trinajstić information content (AvgIpc) is 2.45. The van der Waals surface area contributed by atoms with Crippen molar-refractivity contribution in [3.8, 4) is 5.88 Å². The predicted molar refractivity (Wildman–Crippen MR) is 78.1 cm³/mol. The minimum atomic E-state index is -0.312. The van der Waals surface area contributed by atoms with Crippen LogP contribution in [-0.2, 0) is 6.54 Å². The van der Waals surface area contributed by atoms with E-state index in [4.69, 9.17) is 4.74 Å². The van der Waals surface area contributed by atoms with E-state index in [-0.39, 0.29) is 11.7 Å². The molecular weight excluding hydrogens is 268 g/mol. The number of nitrogens with one attached hydrogen (secondary N) is 1. The third kappa shape index (κ3) is 3.98. The van der Waals surface area contributed by atoms with Crippen LogP contribution in [0.1, 0.15) is 34.5 Å². The van der Waals surface area contributed by atoms with E-state index in [9.17, 15) is 4.79 Å². The molecule has 2 aromatic rings. The molecule has 0 saturated carbocycles. The molecule has 0 saturated heterocycles. The predicted octanol–water partition coefficient (Wildman–Crippen LogP) is 1.82. The first-order valence-corrected chi connectivity index (χ1v) is 6.77. The standard InChI is InChI=1S/C15H18N4O2/c1-4-21-15-12(6-5-7-16-15)9-17-14(20)13-18-10(2)8-11(3)19-13/h5-8H,4,9H2,1-3H3,(H,17,20). The van der Waals surface area contributed by atoms with Crippen molar-refractivity contribution < 1.29 is 9.53 Å². The Morgan fingerprint density at radius 1 is 1.29 bits per heavy atom. The second-order valence-electron chi connectivity index (χ2n) is 4.56. The number of hydrogen-bond donors (Lipinski definition) is 1. The molecule has 1 amide bonds. The van der Waals surface area contributed by atoms with E-state index in [1.54, 1.807) is 12.3 Å². The van der Waals surface area contributed by atoms with E-state index in [0.717, 1.165) is 17.0 Å². The molecule has 1 N–H and O–H groups in total. The normalized spacial score (nSPS) is 10.2. The lowest BCUT2D eigenvalue weighted by atomic mass is 10.2. The zero-order valence-electron chi connectivity index (χ0n) is 12.4. The second kappa shape index (κ2) is 6.78. The van der Waals surface area contributed by atoms with Crippen LogP contribution in [0.5, 0.6) is 5.88 Å². The number of nitrogens with zero attached hydrogens (tertiary/aromatic N) is 3. The van der Waals surface area contributed by atoms with Crippen molar-refractivity contribution in [1.82, 2.24) is 20.3 Å². The zero-order chi connectivity index (χ0) is 15.2. The van der Waals surface area contributed by atoms with Crippen molar-refractivity contribution in [2.45, 2.75) is 27.3 Å². The molecule has 2 aromatic heterocycles. The van der Waals surface area contributed by atoms with Gasteiger partial charge in [-0.3, -0.25) is 4.79 Å². The van der Waals surface area contributed by atoms with Crippen LogP contribution >= 0.6 is 0 Å². The number of hydrogen-bond acceptors (Lipinski definition) is 5. The van der Waals surface area contributed by atoms with E-state index in [1.165, 1.54) is 0 Å². The highest BCUT2D eigenvalue weighted by molar-refractivity contribution is 5.90. The number of aryl methyl sites for hydroxylation is 2. The number of rotatable bonds is 5. The summed E-state index contributed by atoms with van der Waals surface area (Å²) in [5.74, 6) is 0.393. The number of amides is 1. The van der Waals surface area contributed by atoms with Crippen LogP contribution in [0.3, 0.4) is 0 Å². The molecule has 0 aromatic carbocycles. The summed E-state index contributed by atoms with van der Waals surface area (Å²) < 4.78 is 5.42. The summed E-state index contributed by atoms with van der Waals surface area (Å²) in [6, 6.07) is 5.49. The van der Waals surface area contributed by atoms with Gasteiger partial charge < -0.3 is 10.1 Å². The van der Waals surface area contributed by atoms with Gasteiger partial charge in [-0.15, -0.1) is 0 Å². The topological polar surface area (TPSA) is 77.0 Å². The zero-order valence-corrected chi connectivity index (χ0v) is 12.4. The number of ether oxygens (including phenoxy) is 1. The SMILES string of the molecule is CCOc1ncccc1CNC(=O)c1nc(C)cc(C)n1. The Kier molecular flexibility index (Phi) is 4.81. The van der Waals surface area contributed by atoms with Gasteiger partial charge in [-0.1, -0.05) is 6.07 Å². The van der Waals surface area contributed by atoms with Crippen LogP contribution in [0.15, 0.2) is 24.4 Å². The second-order valence-corrected chi connectivity index (χ2v) is 4.56. The van der Waals surface area contributed by atoms with Crippen LogP contribution in [0.2, 0.25) is 0 Å². The van der Waals surface area contributed by atoms with Crippen LogP contribution < -0.4 is 10.1 Å². The van der Waals surface area contributed by atoms with Crippen molar-refractivity contribution >= 4 is 5.91 Å². The van der Waals surface area contributed by atoms with E-state index >= 15 is 0 Å². The Hall–Kier alpha value is -2.50. The third-order valence-electron chi connectivity index (χ3n) is 2.76. The highest BCUT2D eigenvalue weighted by Crippen LogP contribution is 2.13. The van der Waals surface area contributed by atoms with Crippen molar-refractivity contribution in [2.75, 3.05) is 6.61 Å². The van der Waals surface area contributed by atoms with Crippen molar-refractivity contribution in [1.29, 1.82) is 0 Å². The summed E-state index contributed by atoms with van der Waals surface area (Å²) in [6.07, 6.45) is 1.66. The maximum Gasteiger partial charge on any atom is 0.289 e. The molecule has 0 atom stereocenters. The molecule has 6 heteroatoms. The highest BCUT2D eigenvalue weighted by Gasteiger charge is 2.11. The van der Waals surface area contributed by atoms with Gasteiger partial charge in [0.2, 0.25) is 11.7 Å². The lowest BCUT2D eigenvalue weighted by Crippen LogP contribution is -2.25. The maximum absolute atomic E-state index is 12.1. The number of carbonyl (C=O) groups is 1. The fourth-order valence-electron chi connectivity index (χ4n) is 1.91. The Bertz CT molecular complexity index is 623. The first-order valence-electron chi connectivity index (χ1n) is 6.77. The molecule has 0 spiro atoms. The Morgan fingerprint density at radius 3 is 2.67 bits per heavy atom. The average molecular weight is 286 g/mol. The first kappa shape index (κ1) is 14.9. The van der Waals surface area contributed by atoms with Crippen molar-refractivity contribution in [3.63, 3.8) is 0 Å². The molecule has 2 heterocycles. The Labute approximate surface area is 123 Å². The van der Waals surface area contributed by atoms with Gasteiger partial charge in [0.1, 0.15) is 0 Å². The number of carbonyl (C=O) groups excluding carboxylic acids is 1. The lowest BCUT2D eigenvalue weighted by Gasteiger charge is -2.09. The van der Waals surface area contributed by atoms with Crippen LogP contribution in [0, 0.1) is 13.8 Å². The summed E-state index contributed by atoms with van der Waals surface area (Å²) in [4.78, 5) is 24.5. The molecule has 0 aliphatic carbocycles. The first-order chi connectivity index (χ1) is 10.1. The maximum atomic E-state index is 12.1. The summed E-state index contributed by atoms with van der Waals surface area (Å²) in [5, 5.41) is 2.78. The fraction of sp³-hybridized carbons (Fsp3) is 0.333. The quantitative estimate of drug-likeness (QED) is 0.907. The molecule has 0 radical (unpaired) electrons. The van der Waals surface area contributed by atoms with E-state index in [0.29, 0.717) is 19.0 Å². The fourth-order valence-corrected chi connectivity index (χ4v) is 1.91. The number of aromatic nitrogens is 3. The smallest absolute Gasteiger partial charge is 0.289 e. The largest absolute Gasteiger partial charge is 0.478 e. The molecule has 0 unspecified atom stereocenters. The Balaban J connectivity index is 2.07. The third-order valence-corrected chi connectivity index (χ3v) is 2.76. The van der Waals surface area contributed by atoms with Gasteiger partial charge in [0.25, 0.3) is 5.91 Å². The van der Waals surface area contributed by atoms with Crippen LogP contribution in [-0.4, -0.2) is 27.5 Å². The van der Waals surface area contributed by atoms with Gasteiger partial charge in [-0.25, -0.2) is 15.0 Å². The van der Waals surface area contributed by atoms with Gasteiger partial charge in [-0.2, -0.15) is 0 Å². The monoisotopic (exact) mass is 286 g/mol. The molecular formula is C15H18N4O2. The molecule has 6 nitrogen and oxygen atoms in total. The van der Waals surface area contributed by atoms with Crippen molar-refractivity contribution in [3.05, 3.63) is 47.2 Å². The minimum absolute atomic E-state index is 0.175. The van der Waals surface area contributed by atoms with Gasteiger partial charge in [0.05, 0.1) is 6.61 Å². The van der Waals surface area contributed by atoms with E-state index in [2.05, 4.69) is 20.3 Å². The molecule has 0 fully saturated rings. The van der Waals surface area contributed by atoms with Crippen LogP contribution in [0.4, 0.5) is 0 Å². The molecule has 0 aliphatic rings. The van der Waals surface area contributed by atoms with Crippen LogP contribution in [0.25, 0.3) is 0 Å². The van der Waals surface area contributed by atoms with Crippen molar-refractivity contribution in [2.24, 2.45) is 0 Å². The summed E-state index contributed by atoms with van der Waals surface area (Å²) in [6.45, 7) is 6.40. The Morgan fingerprint density at radius 2 is 2.00 bits per heavy atom. The minimum Gasteiger partial charge on any atom is -0.478 e. The highest BCUT2D eigenvalue weighted by atomic mass is 16.5. The summed E-state index contributed by atoms with van der Waals surface area (Å²) in [7, 11) is 0. The molecule has 21 heavy (non-hydrogen) atoms. The molecule has 2 rings (SSSR count). The van der Waals surface area contributed by atoms with Gasteiger partial charge in [0, 0.05) is 29.7 Å². The molecule has 0 bridgehead atoms. The van der Waals surface area contributed by atoms with Gasteiger partial charge >= 0.3 is 0 Å². The molecule has 0 aliphatic heterocycles. The van der Waals surface area contributed by atoms with Gasteiger partial charge in [0.15, 0.2) is 0 Å². The van der Waals surface area contributed by atoms with E-state index in [1.807, 2.05) is 32.9 Å².